The van der Waals surface area contributed by atoms with Gasteiger partial charge in [-0.05, 0) is 25.8 Å². The van der Waals surface area contributed by atoms with E-state index in [1.54, 1.807) is 6.92 Å². The van der Waals surface area contributed by atoms with Crippen LogP contribution in [0.3, 0.4) is 0 Å². The fourth-order valence-corrected chi connectivity index (χ4v) is 3.97. The molecule has 0 saturated carbocycles. The largest absolute Gasteiger partial charge is 0.503 e. The highest BCUT2D eigenvalue weighted by Gasteiger charge is 2.38. The van der Waals surface area contributed by atoms with E-state index in [2.05, 4.69) is 20.4 Å². The Bertz CT molecular complexity index is 1190. The molecule has 0 spiro atoms. The van der Waals surface area contributed by atoms with Crippen molar-refractivity contribution < 1.29 is 32.2 Å². The number of benzene rings is 1. The van der Waals surface area contributed by atoms with E-state index in [1.807, 2.05) is 4.90 Å². The lowest BCUT2D eigenvalue weighted by Crippen LogP contribution is -2.45. The molecule has 33 heavy (non-hydrogen) atoms. The molecule has 178 valence electrons. The molecule has 0 bridgehead atoms. The Hall–Kier alpha value is -3.06. The number of alkyl halides is 3. The first-order chi connectivity index (χ1) is 15.5. The van der Waals surface area contributed by atoms with E-state index in [4.69, 9.17) is 0 Å². The molecule has 3 aromatic rings. The van der Waals surface area contributed by atoms with Crippen LogP contribution in [0.25, 0.3) is 22.3 Å². The third-order valence-electron chi connectivity index (χ3n) is 5.56. The van der Waals surface area contributed by atoms with Gasteiger partial charge < -0.3 is 15.1 Å². The van der Waals surface area contributed by atoms with Crippen LogP contribution in [0.1, 0.15) is 25.3 Å². The molecule has 3 heterocycles. The monoisotopic (exact) mass is 472 g/mol. The lowest BCUT2D eigenvalue weighted by molar-refractivity contribution is -0.140. The Morgan fingerprint density at radius 3 is 2.45 bits per heavy atom. The second kappa shape index (κ2) is 8.37. The van der Waals surface area contributed by atoms with Gasteiger partial charge in [-0.15, -0.1) is 0 Å². The van der Waals surface area contributed by atoms with Gasteiger partial charge in [0.05, 0.1) is 10.9 Å². The number of piperidine rings is 1. The zero-order valence-electron chi connectivity index (χ0n) is 17.7. The van der Waals surface area contributed by atoms with Gasteiger partial charge in [-0.25, -0.2) is 18.4 Å². The lowest BCUT2D eigenvalue weighted by Gasteiger charge is -2.33. The number of phenolic OH excluding ortho intramolecular Hbond substituents is 1. The summed E-state index contributed by atoms with van der Waals surface area (Å²) < 4.78 is 69.2. The van der Waals surface area contributed by atoms with Gasteiger partial charge >= 0.3 is 6.18 Å². The predicted molar refractivity (Wildman–Crippen MR) is 108 cm³/mol. The Balaban J connectivity index is 1.71. The quantitative estimate of drug-likeness (QED) is 0.397. The molecule has 1 atom stereocenters. The van der Waals surface area contributed by atoms with Gasteiger partial charge in [0, 0.05) is 37.9 Å². The molecule has 0 aliphatic carbocycles. The second-order valence-electron chi connectivity index (χ2n) is 7.93. The number of fused-ring (bicyclic) bond motifs is 1. The van der Waals surface area contributed by atoms with Gasteiger partial charge in [0.15, 0.2) is 23.0 Å². The van der Waals surface area contributed by atoms with Crippen LogP contribution in [-0.4, -0.2) is 55.3 Å². The third kappa shape index (κ3) is 4.29. The highest BCUT2D eigenvalue weighted by Crippen LogP contribution is 2.41. The van der Waals surface area contributed by atoms with Crippen LogP contribution in [0.15, 0.2) is 12.3 Å². The van der Waals surface area contributed by atoms with Gasteiger partial charge in [-0.2, -0.15) is 23.3 Å². The van der Waals surface area contributed by atoms with Gasteiger partial charge in [0.2, 0.25) is 5.95 Å². The van der Waals surface area contributed by atoms with E-state index in [0.717, 1.165) is 12.8 Å². The van der Waals surface area contributed by atoms with Crippen molar-refractivity contribution in [3.8, 4) is 17.0 Å². The minimum Gasteiger partial charge on any atom is -0.503 e. The number of halogens is 5. The van der Waals surface area contributed by atoms with Gasteiger partial charge in [-0.1, -0.05) is 0 Å². The van der Waals surface area contributed by atoms with Gasteiger partial charge in [0.25, 0.3) is 0 Å². The van der Waals surface area contributed by atoms with Crippen molar-refractivity contribution in [2.24, 2.45) is 7.05 Å². The summed E-state index contributed by atoms with van der Waals surface area (Å²) in [5.41, 5.74) is -2.54. The maximum Gasteiger partial charge on any atom is 0.419 e. The summed E-state index contributed by atoms with van der Waals surface area (Å²) in [5, 5.41) is 26.3. The molecule has 4 rings (SSSR count). The number of aromatic nitrogens is 4. The van der Waals surface area contributed by atoms with Crippen molar-refractivity contribution in [1.82, 2.24) is 25.1 Å². The number of aromatic hydroxyl groups is 1. The van der Waals surface area contributed by atoms with Gasteiger partial charge in [-0.3, -0.25) is 5.32 Å². The van der Waals surface area contributed by atoms with E-state index in [1.165, 1.54) is 17.9 Å². The van der Waals surface area contributed by atoms with E-state index in [-0.39, 0.29) is 28.8 Å². The molecule has 0 radical (unpaired) electrons. The first-order valence-electron chi connectivity index (χ1n) is 10.1. The van der Waals surface area contributed by atoms with Crippen molar-refractivity contribution in [2.75, 3.05) is 18.0 Å². The first kappa shape index (κ1) is 23.1. The maximum absolute atomic E-state index is 14.6. The topological polar surface area (TPSA) is 99.3 Å². The molecule has 1 unspecified atom stereocenters. The summed E-state index contributed by atoms with van der Waals surface area (Å²) >= 11 is 0. The predicted octanol–water partition coefficient (Wildman–Crippen LogP) is 2.93. The summed E-state index contributed by atoms with van der Waals surface area (Å²) in [4.78, 5) is 10.6. The number of hydrogen-bond donors (Lipinski definition) is 3. The number of aliphatic hydroxyl groups is 1. The van der Waals surface area contributed by atoms with Crippen molar-refractivity contribution in [3.05, 3.63) is 29.5 Å². The van der Waals surface area contributed by atoms with E-state index in [0.29, 0.717) is 19.0 Å². The summed E-state index contributed by atoms with van der Waals surface area (Å²) in [6, 6.07) is 0.422. The first-order valence-corrected chi connectivity index (χ1v) is 10.1. The minimum absolute atomic E-state index is 0.143. The Kier molecular flexibility index (Phi) is 5.86. The van der Waals surface area contributed by atoms with Crippen molar-refractivity contribution in [2.45, 2.75) is 38.2 Å². The Labute approximate surface area is 184 Å². The summed E-state index contributed by atoms with van der Waals surface area (Å²) in [5.74, 6) is -5.01. The fourth-order valence-electron chi connectivity index (χ4n) is 3.97. The number of phenols is 1. The molecule has 1 saturated heterocycles. The van der Waals surface area contributed by atoms with Crippen LogP contribution in [0.5, 0.6) is 5.75 Å². The van der Waals surface area contributed by atoms with Crippen LogP contribution in [-0.2, 0) is 13.2 Å². The van der Waals surface area contributed by atoms with E-state index < -0.39 is 40.9 Å². The number of anilines is 1. The Morgan fingerprint density at radius 2 is 1.85 bits per heavy atom. The zero-order valence-corrected chi connectivity index (χ0v) is 17.7. The Morgan fingerprint density at radius 1 is 1.18 bits per heavy atom. The SMILES string of the molecule is CC(O)NC1CCN(c2ncc3c(-c4cc(C(F)(F)F)c(F)c(O)c4F)nn(C)c3n2)CC1. The molecule has 3 N–H and O–H groups in total. The number of nitrogens with zero attached hydrogens (tertiary/aromatic N) is 5. The van der Waals surface area contributed by atoms with Gasteiger partial charge in [0.1, 0.15) is 11.9 Å². The highest BCUT2D eigenvalue weighted by atomic mass is 19.4. The van der Waals surface area contributed by atoms with Crippen LogP contribution < -0.4 is 10.2 Å². The summed E-state index contributed by atoms with van der Waals surface area (Å²) in [7, 11) is 1.48. The second-order valence-corrected chi connectivity index (χ2v) is 7.93. The summed E-state index contributed by atoms with van der Waals surface area (Å²) in [6.45, 7) is 2.86. The normalized spacial score (nSPS) is 16.5. The standard InChI is InChI=1S/C20H21F5N6O2/c1-9(32)27-10-3-5-31(6-4-10)19-26-8-12-16(29-30(2)18(12)28-19)11-7-13(20(23,24)25)15(22)17(33)14(11)21/h7-10,27,32-33H,3-6H2,1-2H3. The number of hydrogen-bond acceptors (Lipinski definition) is 7. The van der Waals surface area contributed by atoms with Crippen LogP contribution in [0.2, 0.25) is 0 Å². The van der Waals surface area contributed by atoms with Crippen molar-refractivity contribution >= 4 is 17.0 Å². The molecule has 8 nitrogen and oxygen atoms in total. The molecule has 2 aromatic heterocycles. The summed E-state index contributed by atoms with van der Waals surface area (Å²) in [6.07, 6.45) is -2.97. The average molecular weight is 472 g/mol. The average Bonchev–Trinajstić information content (AvgIpc) is 3.07. The van der Waals surface area contributed by atoms with E-state index >= 15 is 0 Å². The van der Waals surface area contributed by atoms with Crippen molar-refractivity contribution in [3.63, 3.8) is 0 Å². The number of nitrogens with one attached hydrogen (secondary N) is 1. The number of rotatable bonds is 4. The molecule has 1 aliphatic rings. The number of aliphatic hydroxyl groups excluding tert-OH is 1. The third-order valence-corrected chi connectivity index (χ3v) is 5.56. The molecular weight excluding hydrogens is 451 g/mol. The van der Waals surface area contributed by atoms with E-state index in [9.17, 15) is 32.2 Å². The molecular formula is C20H21F5N6O2. The van der Waals surface area contributed by atoms with Crippen LogP contribution in [0.4, 0.5) is 27.9 Å². The molecule has 0 amide bonds. The number of aryl methyl sites for hydroxylation is 1. The molecule has 1 aromatic carbocycles. The molecule has 1 fully saturated rings. The van der Waals surface area contributed by atoms with Crippen LogP contribution >= 0.6 is 0 Å². The zero-order chi connectivity index (χ0) is 24.1. The maximum atomic E-state index is 14.6. The minimum atomic E-state index is -5.15. The van der Waals surface area contributed by atoms with Crippen molar-refractivity contribution in [1.29, 1.82) is 0 Å². The fraction of sp³-hybridized carbons (Fsp3) is 0.450. The highest BCUT2D eigenvalue weighted by molar-refractivity contribution is 5.91. The molecule has 13 heteroatoms. The van der Waals surface area contributed by atoms with Crippen LogP contribution in [0, 0.1) is 11.6 Å². The lowest BCUT2D eigenvalue weighted by atomic mass is 10.0. The smallest absolute Gasteiger partial charge is 0.419 e. The molecule has 1 aliphatic heterocycles.